The van der Waals surface area contributed by atoms with E-state index in [1.54, 1.807) is 26.4 Å². The van der Waals surface area contributed by atoms with Gasteiger partial charge in [-0.3, -0.25) is 9.79 Å². The van der Waals surface area contributed by atoms with E-state index in [4.69, 9.17) is 14.2 Å². The third kappa shape index (κ3) is 3.70. The number of fused-ring (bicyclic) bond motifs is 1. The number of benzene rings is 2. The van der Waals surface area contributed by atoms with Crippen molar-refractivity contribution in [2.75, 3.05) is 26.1 Å². The van der Waals surface area contributed by atoms with Gasteiger partial charge in [0.1, 0.15) is 0 Å². The highest BCUT2D eigenvalue weighted by atomic mass is 16.5. The predicted molar refractivity (Wildman–Crippen MR) is 100 cm³/mol. The number of hydrogen-bond donors (Lipinski definition) is 1. The topological polar surface area (TPSA) is 69.1 Å². The Kier molecular flexibility index (Phi) is 5.53. The third-order valence-electron chi connectivity index (χ3n) is 4.20. The summed E-state index contributed by atoms with van der Waals surface area (Å²) >= 11 is 0. The molecule has 0 aliphatic carbocycles. The second-order valence-corrected chi connectivity index (χ2v) is 5.94. The molecule has 1 heterocycles. The Bertz CT molecular complexity index is 818. The summed E-state index contributed by atoms with van der Waals surface area (Å²) in [6, 6.07) is 12.8. The lowest BCUT2D eigenvalue weighted by molar-refractivity contribution is -0.118. The summed E-state index contributed by atoms with van der Waals surface area (Å²) in [4.78, 5) is 17.1. The van der Waals surface area contributed by atoms with Gasteiger partial charge in [-0.1, -0.05) is 30.3 Å². The van der Waals surface area contributed by atoms with Crippen LogP contribution in [0.3, 0.4) is 0 Å². The molecule has 0 fully saturated rings. The zero-order valence-electron chi connectivity index (χ0n) is 15.1. The van der Waals surface area contributed by atoms with Crippen LogP contribution in [0.15, 0.2) is 47.5 Å². The van der Waals surface area contributed by atoms with Gasteiger partial charge in [0, 0.05) is 5.71 Å². The highest BCUT2D eigenvalue weighted by Crippen LogP contribution is 2.37. The first-order valence-corrected chi connectivity index (χ1v) is 8.36. The lowest BCUT2D eigenvalue weighted by atomic mass is 10.1. The van der Waals surface area contributed by atoms with Crippen molar-refractivity contribution in [2.45, 2.75) is 19.6 Å². The molecule has 26 heavy (non-hydrogen) atoms. The van der Waals surface area contributed by atoms with Gasteiger partial charge < -0.3 is 19.5 Å². The number of hydrogen-bond acceptors (Lipinski definition) is 5. The molecule has 6 nitrogen and oxygen atoms in total. The standard InChI is InChI=1S/C20H22N2O4/c1-13-18-15(9-10-17(24-2)19(18)25-3)22-20(23)16(21-13)12-26-11-14-7-5-4-6-8-14/h4-10,16H,11-12H2,1-3H3,(H,22,23)/t16-/m0/s1. The molecular weight excluding hydrogens is 332 g/mol. The fraction of sp³-hybridized carbons (Fsp3) is 0.300. The maximum Gasteiger partial charge on any atom is 0.251 e. The summed E-state index contributed by atoms with van der Waals surface area (Å²) in [5.41, 5.74) is 3.13. The number of rotatable bonds is 6. The van der Waals surface area contributed by atoms with Gasteiger partial charge in [-0.15, -0.1) is 0 Å². The molecule has 3 rings (SSSR count). The van der Waals surface area contributed by atoms with Gasteiger partial charge in [0.2, 0.25) is 0 Å². The average Bonchev–Trinajstić information content (AvgIpc) is 2.78. The number of ether oxygens (including phenoxy) is 3. The minimum atomic E-state index is -0.623. The maximum atomic E-state index is 12.5. The van der Waals surface area contributed by atoms with Crippen molar-refractivity contribution < 1.29 is 19.0 Å². The van der Waals surface area contributed by atoms with E-state index in [2.05, 4.69) is 10.3 Å². The molecule has 1 aliphatic heterocycles. The molecule has 1 amide bonds. The van der Waals surface area contributed by atoms with E-state index in [-0.39, 0.29) is 12.5 Å². The Morgan fingerprint density at radius 2 is 1.85 bits per heavy atom. The first-order chi connectivity index (χ1) is 12.6. The number of carbonyl (C=O) groups is 1. The number of methoxy groups -OCH3 is 2. The molecule has 1 aliphatic rings. The molecule has 136 valence electrons. The Morgan fingerprint density at radius 3 is 2.54 bits per heavy atom. The smallest absolute Gasteiger partial charge is 0.251 e. The number of aliphatic imine (C=N–C) groups is 1. The lowest BCUT2D eigenvalue weighted by Crippen LogP contribution is -2.29. The first kappa shape index (κ1) is 17.9. The Labute approximate surface area is 152 Å². The van der Waals surface area contributed by atoms with Crippen LogP contribution in [0.2, 0.25) is 0 Å². The van der Waals surface area contributed by atoms with Gasteiger partial charge in [0.05, 0.1) is 38.7 Å². The lowest BCUT2D eigenvalue weighted by Gasteiger charge is -2.15. The molecule has 0 radical (unpaired) electrons. The van der Waals surface area contributed by atoms with Crippen LogP contribution in [0, 0.1) is 0 Å². The van der Waals surface area contributed by atoms with E-state index >= 15 is 0 Å². The normalized spacial score (nSPS) is 16.2. The molecule has 6 heteroatoms. The number of amides is 1. The number of benzodiazepines with no additional fused rings is 1. The van der Waals surface area contributed by atoms with E-state index in [0.29, 0.717) is 29.5 Å². The quantitative estimate of drug-likeness (QED) is 0.866. The summed E-state index contributed by atoms with van der Waals surface area (Å²) in [6.07, 6.45) is 0. The van der Waals surface area contributed by atoms with Crippen molar-refractivity contribution in [2.24, 2.45) is 4.99 Å². The molecule has 0 saturated carbocycles. The van der Waals surface area contributed by atoms with Crippen LogP contribution in [0.5, 0.6) is 11.5 Å². The Hall–Kier alpha value is -2.86. The molecule has 0 saturated heterocycles. The Morgan fingerprint density at radius 1 is 1.08 bits per heavy atom. The van der Waals surface area contributed by atoms with Crippen LogP contribution >= 0.6 is 0 Å². The second-order valence-electron chi connectivity index (χ2n) is 5.94. The zero-order chi connectivity index (χ0) is 18.5. The van der Waals surface area contributed by atoms with Gasteiger partial charge in [-0.2, -0.15) is 0 Å². The highest BCUT2D eigenvalue weighted by Gasteiger charge is 2.27. The molecular formula is C20H22N2O4. The second kappa shape index (κ2) is 8.01. The summed E-state index contributed by atoms with van der Waals surface area (Å²) in [7, 11) is 3.14. The summed E-state index contributed by atoms with van der Waals surface area (Å²) in [5.74, 6) is 0.939. The van der Waals surface area contributed by atoms with Crippen LogP contribution in [-0.4, -0.2) is 38.5 Å². The van der Waals surface area contributed by atoms with Crippen LogP contribution in [-0.2, 0) is 16.1 Å². The molecule has 1 N–H and O–H groups in total. The van der Waals surface area contributed by atoms with Crippen molar-refractivity contribution in [3.05, 3.63) is 53.6 Å². The summed E-state index contributed by atoms with van der Waals surface area (Å²) in [5, 5.41) is 2.91. The van der Waals surface area contributed by atoms with E-state index in [0.717, 1.165) is 11.1 Å². The van der Waals surface area contributed by atoms with E-state index in [1.807, 2.05) is 37.3 Å². The van der Waals surface area contributed by atoms with Crippen LogP contribution in [0.1, 0.15) is 18.1 Å². The fourth-order valence-electron chi connectivity index (χ4n) is 2.94. The van der Waals surface area contributed by atoms with Crippen LogP contribution < -0.4 is 14.8 Å². The van der Waals surface area contributed by atoms with E-state index < -0.39 is 6.04 Å². The summed E-state index contributed by atoms with van der Waals surface area (Å²) < 4.78 is 16.5. The van der Waals surface area contributed by atoms with Gasteiger partial charge in [0.25, 0.3) is 5.91 Å². The van der Waals surface area contributed by atoms with Gasteiger partial charge >= 0.3 is 0 Å². The molecule has 1 atom stereocenters. The van der Waals surface area contributed by atoms with Gasteiger partial charge in [0.15, 0.2) is 17.5 Å². The average molecular weight is 354 g/mol. The van der Waals surface area contributed by atoms with Crippen LogP contribution in [0.4, 0.5) is 5.69 Å². The molecule has 0 spiro atoms. The number of nitrogens with one attached hydrogen (secondary N) is 1. The fourth-order valence-corrected chi connectivity index (χ4v) is 2.94. The van der Waals surface area contributed by atoms with Crippen molar-refractivity contribution in [1.29, 1.82) is 0 Å². The van der Waals surface area contributed by atoms with E-state index in [1.165, 1.54) is 0 Å². The number of anilines is 1. The van der Waals surface area contributed by atoms with Crippen molar-refractivity contribution in [3.8, 4) is 11.5 Å². The minimum absolute atomic E-state index is 0.200. The third-order valence-corrected chi connectivity index (χ3v) is 4.20. The number of carbonyl (C=O) groups excluding carboxylic acids is 1. The maximum absolute atomic E-state index is 12.5. The molecule has 2 aromatic carbocycles. The first-order valence-electron chi connectivity index (χ1n) is 8.36. The van der Waals surface area contributed by atoms with Crippen molar-refractivity contribution in [3.63, 3.8) is 0 Å². The van der Waals surface area contributed by atoms with Crippen LogP contribution in [0.25, 0.3) is 0 Å². The molecule has 0 unspecified atom stereocenters. The Balaban J connectivity index is 1.80. The SMILES string of the molecule is COc1ccc2c(c1OC)C(C)=N[C@@H](COCc1ccccc1)C(=O)N2. The predicted octanol–water partition coefficient (Wildman–Crippen LogP) is 3.05. The molecule has 0 aromatic heterocycles. The molecule has 0 bridgehead atoms. The largest absolute Gasteiger partial charge is 0.493 e. The monoisotopic (exact) mass is 354 g/mol. The van der Waals surface area contributed by atoms with Crippen molar-refractivity contribution in [1.82, 2.24) is 0 Å². The minimum Gasteiger partial charge on any atom is -0.493 e. The van der Waals surface area contributed by atoms with Gasteiger partial charge in [-0.25, -0.2) is 0 Å². The number of nitrogens with zero attached hydrogens (tertiary/aromatic N) is 1. The summed E-state index contributed by atoms with van der Waals surface area (Å²) in [6.45, 7) is 2.49. The van der Waals surface area contributed by atoms with Gasteiger partial charge in [-0.05, 0) is 24.6 Å². The van der Waals surface area contributed by atoms with Crippen molar-refractivity contribution >= 4 is 17.3 Å². The molecule has 2 aromatic rings. The van der Waals surface area contributed by atoms with E-state index in [9.17, 15) is 4.79 Å². The highest BCUT2D eigenvalue weighted by molar-refractivity contribution is 6.13. The zero-order valence-corrected chi connectivity index (χ0v) is 15.1.